The molecule has 0 N–H and O–H groups in total. The van der Waals surface area contributed by atoms with Gasteiger partial charge in [-0.05, 0) is 66.1 Å². The number of aryl methyl sites for hydroxylation is 1. The van der Waals surface area contributed by atoms with E-state index in [4.69, 9.17) is 9.72 Å². The van der Waals surface area contributed by atoms with Crippen molar-refractivity contribution in [2.24, 2.45) is 0 Å². The van der Waals surface area contributed by atoms with Crippen LogP contribution < -0.4 is 9.64 Å². The van der Waals surface area contributed by atoms with E-state index in [0.717, 1.165) is 53.0 Å². The number of alkyl halides is 3. The molecule has 0 aliphatic carbocycles. The first-order chi connectivity index (χ1) is 19.4. The van der Waals surface area contributed by atoms with Crippen molar-refractivity contribution < 1.29 is 22.7 Å². The number of carbonyl (C=O) groups is 1. The van der Waals surface area contributed by atoms with Crippen LogP contribution in [0.2, 0.25) is 0 Å². The number of unbranched alkanes of at least 4 members (excludes halogenated alkanes) is 1. The van der Waals surface area contributed by atoms with Crippen LogP contribution in [0, 0.1) is 0 Å². The minimum Gasteiger partial charge on any atom is -0.494 e. The summed E-state index contributed by atoms with van der Waals surface area (Å²) in [5, 5.41) is 2.31. The van der Waals surface area contributed by atoms with Crippen LogP contribution in [-0.2, 0) is 17.5 Å². The van der Waals surface area contributed by atoms with E-state index in [1.165, 1.54) is 16.4 Å². The van der Waals surface area contributed by atoms with Gasteiger partial charge in [-0.1, -0.05) is 48.5 Å². The molecule has 6 rings (SSSR count). The number of rotatable bonds is 8. The Hall–Kier alpha value is -4.33. The largest absolute Gasteiger partial charge is 0.494 e. The van der Waals surface area contributed by atoms with Gasteiger partial charge >= 0.3 is 6.18 Å². The molecule has 0 bridgehead atoms. The number of para-hydroxylation sites is 2. The van der Waals surface area contributed by atoms with Gasteiger partial charge in [-0.25, -0.2) is 4.98 Å². The quantitative estimate of drug-likeness (QED) is 0.190. The van der Waals surface area contributed by atoms with Crippen LogP contribution in [0.5, 0.6) is 5.75 Å². The molecule has 1 aliphatic rings. The molecular weight excluding hydrogens is 515 g/mol. The van der Waals surface area contributed by atoms with Crippen molar-refractivity contribution in [3.8, 4) is 5.75 Å². The summed E-state index contributed by atoms with van der Waals surface area (Å²) in [5.41, 5.74) is 1.32. The summed E-state index contributed by atoms with van der Waals surface area (Å²) in [6.45, 7) is 1.56. The van der Waals surface area contributed by atoms with Crippen molar-refractivity contribution >= 4 is 33.4 Å². The topological polar surface area (TPSA) is 47.4 Å². The summed E-state index contributed by atoms with van der Waals surface area (Å²) in [4.78, 5) is 19.3. The second-order valence-corrected chi connectivity index (χ2v) is 10.1. The van der Waals surface area contributed by atoms with Gasteiger partial charge in [-0.2, -0.15) is 13.2 Å². The summed E-state index contributed by atoms with van der Waals surface area (Å²) >= 11 is 0. The van der Waals surface area contributed by atoms with Crippen molar-refractivity contribution in [3.63, 3.8) is 0 Å². The number of anilines is 1. The fourth-order valence-electron chi connectivity index (χ4n) is 5.44. The molecule has 1 saturated heterocycles. The molecule has 4 aromatic carbocycles. The van der Waals surface area contributed by atoms with E-state index in [1.807, 2.05) is 48.5 Å². The van der Waals surface area contributed by atoms with E-state index >= 15 is 0 Å². The Morgan fingerprint density at radius 3 is 2.52 bits per heavy atom. The molecule has 1 fully saturated rings. The lowest BCUT2D eigenvalue weighted by atomic mass is 10.1. The lowest BCUT2D eigenvalue weighted by Gasteiger charge is -2.19. The number of ether oxygens (including phenoxy) is 1. The zero-order chi connectivity index (χ0) is 27.7. The molecule has 204 valence electrons. The zero-order valence-corrected chi connectivity index (χ0v) is 21.8. The average Bonchev–Trinajstić information content (AvgIpc) is 3.53. The van der Waals surface area contributed by atoms with Gasteiger partial charge in [-0.15, -0.1) is 0 Å². The van der Waals surface area contributed by atoms with Gasteiger partial charge in [0.25, 0.3) is 0 Å². The van der Waals surface area contributed by atoms with Gasteiger partial charge in [0.15, 0.2) is 0 Å². The number of hydrogen-bond acceptors (Lipinski definition) is 3. The van der Waals surface area contributed by atoms with Crippen LogP contribution in [0.15, 0.2) is 91.0 Å². The van der Waals surface area contributed by atoms with Crippen molar-refractivity contribution in [3.05, 3.63) is 102 Å². The monoisotopic (exact) mass is 543 g/mol. The smallest absolute Gasteiger partial charge is 0.416 e. The first kappa shape index (κ1) is 25.9. The molecular formula is C32H28F3N3O2. The van der Waals surface area contributed by atoms with E-state index in [-0.39, 0.29) is 30.5 Å². The molecule has 40 heavy (non-hydrogen) atoms. The highest BCUT2D eigenvalue weighted by molar-refractivity contribution is 5.96. The number of halogens is 3. The number of carbonyl (C=O) groups excluding carboxylic acids is 1. The fourth-order valence-corrected chi connectivity index (χ4v) is 5.44. The first-order valence-corrected chi connectivity index (χ1v) is 13.4. The number of fused-ring (bicyclic) bond motifs is 2. The second kappa shape index (κ2) is 10.7. The highest BCUT2D eigenvalue weighted by atomic mass is 19.4. The predicted molar refractivity (Wildman–Crippen MR) is 150 cm³/mol. The Kier molecular flexibility index (Phi) is 6.92. The van der Waals surface area contributed by atoms with E-state index in [1.54, 1.807) is 6.07 Å². The van der Waals surface area contributed by atoms with Crippen LogP contribution in [0.1, 0.15) is 36.6 Å². The maximum Gasteiger partial charge on any atom is 0.416 e. The van der Waals surface area contributed by atoms with Crippen molar-refractivity contribution in [1.82, 2.24) is 9.55 Å². The van der Waals surface area contributed by atoms with Gasteiger partial charge < -0.3 is 14.2 Å². The zero-order valence-electron chi connectivity index (χ0n) is 21.8. The van der Waals surface area contributed by atoms with Crippen molar-refractivity contribution in [2.75, 3.05) is 18.1 Å². The minimum atomic E-state index is -4.47. The second-order valence-electron chi connectivity index (χ2n) is 10.1. The number of aromatic nitrogens is 2. The van der Waals surface area contributed by atoms with Gasteiger partial charge in [0.2, 0.25) is 5.91 Å². The van der Waals surface area contributed by atoms with Gasteiger partial charge in [0.05, 0.1) is 23.2 Å². The fraction of sp³-hybridized carbons (Fsp3) is 0.250. The predicted octanol–water partition coefficient (Wildman–Crippen LogP) is 7.59. The minimum absolute atomic E-state index is 0.199. The van der Waals surface area contributed by atoms with Crippen LogP contribution in [0.4, 0.5) is 18.9 Å². The number of benzene rings is 4. The Morgan fingerprint density at radius 1 is 0.875 bits per heavy atom. The summed E-state index contributed by atoms with van der Waals surface area (Å²) in [7, 11) is 0. The third kappa shape index (κ3) is 5.26. The Morgan fingerprint density at radius 2 is 1.68 bits per heavy atom. The third-order valence-corrected chi connectivity index (χ3v) is 7.43. The Balaban J connectivity index is 1.15. The van der Waals surface area contributed by atoms with Crippen LogP contribution >= 0.6 is 0 Å². The molecule has 5 aromatic rings. The average molecular weight is 544 g/mol. The van der Waals surface area contributed by atoms with E-state index < -0.39 is 11.7 Å². The first-order valence-electron chi connectivity index (χ1n) is 13.4. The Bertz CT molecular complexity index is 1680. The lowest BCUT2D eigenvalue weighted by molar-refractivity contribution is -0.137. The summed E-state index contributed by atoms with van der Waals surface area (Å²) in [5.74, 6) is 1.21. The van der Waals surface area contributed by atoms with Crippen LogP contribution in [-0.4, -0.2) is 28.6 Å². The maximum absolute atomic E-state index is 13.3. The molecule has 1 aromatic heterocycles. The molecule has 0 spiro atoms. The van der Waals surface area contributed by atoms with Gasteiger partial charge in [0.1, 0.15) is 11.6 Å². The standard InChI is InChI=1S/C32H28F3N3O2/c33-32(34,35)25-10-7-11-26(20-25)38-21-24(19-30(38)39)31-36-28-12-3-4-13-29(28)37(31)16-5-6-17-40-27-15-14-22-8-1-2-9-23(22)18-27/h1-4,7-15,18,20,24H,5-6,16-17,19,21H2. The Labute approximate surface area is 229 Å². The SMILES string of the molecule is O=C1CC(c2nc3ccccc3n2CCCCOc2ccc3ccccc3c2)CN1c1cccc(C(F)(F)F)c1. The number of imidazole rings is 1. The highest BCUT2D eigenvalue weighted by Crippen LogP contribution is 2.36. The molecule has 5 nitrogen and oxygen atoms in total. The van der Waals surface area contributed by atoms with E-state index in [0.29, 0.717) is 13.2 Å². The van der Waals surface area contributed by atoms with Crippen LogP contribution in [0.25, 0.3) is 21.8 Å². The van der Waals surface area contributed by atoms with E-state index in [9.17, 15) is 18.0 Å². The normalized spacial score (nSPS) is 15.8. The third-order valence-electron chi connectivity index (χ3n) is 7.43. The highest BCUT2D eigenvalue weighted by Gasteiger charge is 2.36. The molecule has 8 heteroatoms. The summed E-state index contributed by atoms with van der Waals surface area (Å²) < 4.78 is 48.0. The number of amides is 1. The molecule has 0 saturated carbocycles. The molecule has 1 amide bonds. The summed E-state index contributed by atoms with van der Waals surface area (Å²) in [6, 6.07) is 27.0. The molecule has 1 unspecified atom stereocenters. The maximum atomic E-state index is 13.3. The lowest BCUT2D eigenvalue weighted by Crippen LogP contribution is -2.25. The molecule has 1 aliphatic heterocycles. The van der Waals surface area contributed by atoms with Crippen LogP contribution in [0.3, 0.4) is 0 Å². The molecule has 2 heterocycles. The van der Waals surface area contributed by atoms with Crippen molar-refractivity contribution in [2.45, 2.75) is 37.9 Å². The van der Waals surface area contributed by atoms with Gasteiger partial charge in [0, 0.05) is 31.1 Å². The van der Waals surface area contributed by atoms with Crippen molar-refractivity contribution in [1.29, 1.82) is 0 Å². The number of nitrogens with zero attached hydrogens (tertiary/aromatic N) is 3. The number of hydrogen-bond donors (Lipinski definition) is 0. The molecule has 0 radical (unpaired) electrons. The summed E-state index contributed by atoms with van der Waals surface area (Å²) in [6.07, 6.45) is -2.59. The van der Waals surface area contributed by atoms with E-state index in [2.05, 4.69) is 22.8 Å². The molecule has 1 atom stereocenters. The van der Waals surface area contributed by atoms with Gasteiger partial charge in [-0.3, -0.25) is 4.79 Å².